The quantitative estimate of drug-likeness (QED) is 0.0204. The molecular formula is C62H111NO13. The van der Waals surface area contributed by atoms with Crippen LogP contribution >= 0.6 is 0 Å². The zero-order valence-electron chi connectivity index (χ0n) is 47.5. The van der Waals surface area contributed by atoms with Gasteiger partial charge < -0.3 is 65.1 Å². The molecular weight excluding hydrogens is 967 g/mol. The molecule has 0 bridgehead atoms. The molecule has 0 aromatic heterocycles. The summed E-state index contributed by atoms with van der Waals surface area (Å²) in [6, 6.07) is -0.943. The first-order valence-electron chi connectivity index (χ1n) is 30.5. The SMILES string of the molecule is CCCCC/C=C\C/C=C\CCCCCCCCCCCC(=O)NC(COC1OC(CO)C(OC2OC(CO)C(O)C(O)C2O)C(O)C1O)C(O)/C=C/CC/C=C/CC/C=C/CCCCCCCCCCCCCCC. The van der Waals surface area contributed by atoms with Gasteiger partial charge in [0, 0.05) is 6.42 Å². The van der Waals surface area contributed by atoms with E-state index in [0.29, 0.717) is 12.8 Å². The molecule has 0 radical (unpaired) electrons. The highest BCUT2D eigenvalue weighted by molar-refractivity contribution is 5.76. The third kappa shape index (κ3) is 32.7. The van der Waals surface area contributed by atoms with Crippen LogP contribution in [0.15, 0.2) is 60.8 Å². The number of hydrogen-bond donors (Lipinski definition) is 9. The van der Waals surface area contributed by atoms with Crippen LogP contribution in [0.3, 0.4) is 0 Å². The van der Waals surface area contributed by atoms with Crippen molar-refractivity contribution in [2.24, 2.45) is 0 Å². The van der Waals surface area contributed by atoms with Gasteiger partial charge in [-0.15, -0.1) is 0 Å². The lowest BCUT2D eigenvalue weighted by Crippen LogP contribution is -2.65. The Kier molecular flexibility index (Phi) is 43.6. The largest absolute Gasteiger partial charge is 0.394 e. The fraction of sp³-hybridized carbons (Fsp3) is 0.823. The minimum Gasteiger partial charge on any atom is -0.394 e. The van der Waals surface area contributed by atoms with Gasteiger partial charge in [0.15, 0.2) is 12.6 Å². The van der Waals surface area contributed by atoms with Crippen LogP contribution in [0, 0.1) is 0 Å². The third-order valence-corrected chi connectivity index (χ3v) is 14.7. The van der Waals surface area contributed by atoms with E-state index in [9.17, 15) is 45.6 Å². The molecule has 14 nitrogen and oxygen atoms in total. The lowest BCUT2D eigenvalue weighted by molar-refractivity contribution is -0.359. The van der Waals surface area contributed by atoms with Crippen LogP contribution in [0.2, 0.25) is 0 Å². The van der Waals surface area contributed by atoms with Gasteiger partial charge in [-0.25, -0.2) is 0 Å². The smallest absolute Gasteiger partial charge is 0.220 e. The minimum atomic E-state index is -1.79. The van der Waals surface area contributed by atoms with Crippen LogP contribution in [-0.2, 0) is 23.7 Å². The Morgan fingerprint density at radius 3 is 1.39 bits per heavy atom. The maximum atomic E-state index is 13.3. The molecule has 2 fully saturated rings. The summed E-state index contributed by atoms with van der Waals surface area (Å²) in [7, 11) is 0. The highest BCUT2D eigenvalue weighted by atomic mass is 16.7. The number of amides is 1. The van der Waals surface area contributed by atoms with Gasteiger partial charge in [-0.1, -0.05) is 209 Å². The van der Waals surface area contributed by atoms with E-state index in [4.69, 9.17) is 18.9 Å². The van der Waals surface area contributed by atoms with Crippen LogP contribution < -0.4 is 5.32 Å². The molecule has 2 aliphatic heterocycles. The number of nitrogens with one attached hydrogen (secondary N) is 1. The maximum absolute atomic E-state index is 13.3. The predicted octanol–water partition coefficient (Wildman–Crippen LogP) is 10.6. The lowest BCUT2D eigenvalue weighted by atomic mass is 9.97. The van der Waals surface area contributed by atoms with Crippen LogP contribution in [0.5, 0.6) is 0 Å². The molecule has 9 N–H and O–H groups in total. The average molecular weight is 1080 g/mol. The molecule has 0 aromatic carbocycles. The van der Waals surface area contributed by atoms with Crippen molar-refractivity contribution in [3.63, 3.8) is 0 Å². The second-order valence-corrected chi connectivity index (χ2v) is 21.5. The third-order valence-electron chi connectivity index (χ3n) is 14.7. The Hall–Kier alpha value is -2.31. The molecule has 2 saturated heterocycles. The number of hydrogen-bond acceptors (Lipinski definition) is 13. The Morgan fingerprint density at radius 1 is 0.474 bits per heavy atom. The van der Waals surface area contributed by atoms with Gasteiger partial charge in [-0.05, 0) is 77.0 Å². The Balaban J connectivity index is 1.79. The van der Waals surface area contributed by atoms with Crippen molar-refractivity contribution in [1.82, 2.24) is 5.32 Å². The standard InChI is InChI=1S/C62H111NO13/c1-3-5-7-9-11-13-15-17-19-21-23-24-25-26-28-29-31-33-35-37-39-41-43-45-51(66)50(63-54(67)46-44-42-40-38-36-34-32-30-27-22-20-18-16-14-12-10-8-6-4-2)49-73-61-59(72)57(70)60(53(48-65)75-61)76-62-58(71)56(69)55(68)52(47-64)74-62/h12,14,18,20,28-29,35,37,43,45,50-53,55-62,64-66,68-72H,3-11,13,15-17,19,21-27,30-34,36,38-42,44,46-49H2,1-2H3,(H,63,67)/b14-12-,20-18-,29-28+,37-35+,45-43+. The van der Waals surface area contributed by atoms with E-state index >= 15 is 0 Å². The predicted molar refractivity (Wildman–Crippen MR) is 304 cm³/mol. The summed E-state index contributed by atoms with van der Waals surface area (Å²) in [6.07, 6.45) is 44.0. The summed E-state index contributed by atoms with van der Waals surface area (Å²) >= 11 is 0. The molecule has 12 unspecified atom stereocenters. The van der Waals surface area contributed by atoms with Crippen molar-refractivity contribution in [2.75, 3.05) is 19.8 Å². The Labute approximate surface area is 460 Å². The summed E-state index contributed by atoms with van der Waals surface area (Å²) in [6.45, 7) is 2.75. The van der Waals surface area contributed by atoms with E-state index in [1.807, 2.05) is 6.08 Å². The maximum Gasteiger partial charge on any atom is 0.220 e. The molecule has 2 aliphatic rings. The molecule has 442 valence electrons. The minimum absolute atomic E-state index is 0.259. The van der Waals surface area contributed by atoms with E-state index in [2.05, 4.69) is 67.8 Å². The Morgan fingerprint density at radius 2 is 0.882 bits per heavy atom. The number of carbonyl (C=O) groups excluding carboxylic acids is 1. The highest BCUT2D eigenvalue weighted by Gasteiger charge is 2.51. The molecule has 14 heteroatoms. The lowest BCUT2D eigenvalue weighted by Gasteiger charge is -2.46. The number of rotatable bonds is 48. The zero-order chi connectivity index (χ0) is 55.3. The highest BCUT2D eigenvalue weighted by Crippen LogP contribution is 2.30. The van der Waals surface area contributed by atoms with Crippen molar-refractivity contribution in [2.45, 2.75) is 306 Å². The average Bonchev–Trinajstić information content (AvgIpc) is 3.42. The fourth-order valence-electron chi connectivity index (χ4n) is 9.71. The van der Waals surface area contributed by atoms with Gasteiger partial charge in [0.05, 0.1) is 32.0 Å². The van der Waals surface area contributed by atoms with E-state index in [1.54, 1.807) is 6.08 Å². The second kappa shape index (κ2) is 47.5. The Bertz CT molecular complexity index is 1510. The van der Waals surface area contributed by atoms with Gasteiger partial charge in [0.1, 0.15) is 48.8 Å². The van der Waals surface area contributed by atoms with Crippen molar-refractivity contribution in [3.05, 3.63) is 60.8 Å². The summed E-state index contributed by atoms with van der Waals surface area (Å²) in [5.41, 5.74) is 0. The number of allylic oxidation sites excluding steroid dienone is 9. The summed E-state index contributed by atoms with van der Waals surface area (Å²) in [4.78, 5) is 13.3. The first-order valence-corrected chi connectivity index (χ1v) is 30.5. The van der Waals surface area contributed by atoms with Crippen LogP contribution in [0.1, 0.15) is 232 Å². The first-order chi connectivity index (χ1) is 37.1. The van der Waals surface area contributed by atoms with Gasteiger partial charge in [0.2, 0.25) is 5.91 Å². The zero-order valence-corrected chi connectivity index (χ0v) is 47.5. The molecule has 76 heavy (non-hydrogen) atoms. The van der Waals surface area contributed by atoms with Crippen LogP contribution in [0.25, 0.3) is 0 Å². The summed E-state index contributed by atoms with van der Waals surface area (Å²) in [5, 5.41) is 87.1. The molecule has 2 rings (SSSR count). The molecule has 12 atom stereocenters. The molecule has 0 spiro atoms. The number of unbranched alkanes of at least 4 members (excludes halogenated alkanes) is 27. The van der Waals surface area contributed by atoms with Gasteiger partial charge in [-0.2, -0.15) is 0 Å². The molecule has 1 amide bonds. The molecule has 0 saturated carbocycles. The number of ether oxygens (including phenoxy) is 4. The van der Waals surface area contributed by atoms with Gasteiger partial charge >= 0.3 is 0 Å². The van der Waals surface area contributed by atoms with Crippen molar-refractivity contribution in [1.29, 1.82) is 0 Å². The van der Waals surface area contributed by atoms with E-state index in [-0.39, 0.29) is 18.9 Å². The van der Waals surface area contributed by atoms with Gasteiger partial charge in [0.25, 0.3) is 0 Å². The van der Waals surface area contributed by atoms with Crippen molar-refractivity contribution >= 4 is 5.91 Å². The number of aliphatic hydroxyl groups is 8. The molecule has 2 heterocycles. The number of carbonyl (C=O) groups is 1. The van der Waals surface area contributed by atoms with Crippen LogP contribution in [-0.4, -0.2) is 140 Å². The van der Waals surface area contributed by atoms with Crippen molar-refractivity contribution in [3.8, 4) is 0 Å². The normalized spacial score (nSPS) is 25.3. The second-order valence-electron chi connectivity index (χ2n) is 21.5. The number of aliphatic hydroxyl groups excluding tert-OH is 8. The van der Waals surface area contributed by atoms with Gasteiger partial charge in [-0.3, -0.25) is 4.79 Å². The van der Waals surface area contributed by atoms with Crippen LogP contribution in [0.4, 0.5) is 0 Å². The summed E-state index contributed by atoms with van der Waals surface area (Å²) in [5.74, 6) is -0.259. The van der Waals surface area contributed by atoms with Crippen molar-refractivity contribution < 1.29 is 64.6 Å². The topological polar surface area (TPSA) is 228 Å². The monoisotopic (exact) mass is 1080 g/mol. The van der Waals surface area contributed by atoms with E-state index in [0.717, 1.165) is 57.8 Å². The fourth-order valence-corrected chi connectivity index (χ4v) is 9.71. The molecule has 0 aliphatic carbocycles. The molecule has 0 aromatic rings. The summed E-state index contributed by atoms with van der Waals surface area (Å²) < 4.78 is 22.8. The first kappa shape index (κ1) is 69.8. The van der Waals surface area contributed by atoms with E-state index < -0.39 is 86.8 Å². The van der Waals surface area contributed by atoms with E-state index in [1.165, 1.54) is 141 Å².